The van der Waals surface area contributed by atoms with E-state index in [0.29, 0.717) is 11.8 Å². The van der Waals surface area contributed by atoms with Gasteiger partial charge >= 0.3 is 0 Å². The lowest BCUT2D eigenvalue weighted by Gasteiger charge is -2.30. The number of thiophene rings is 1. The number of carbonyl (C=O) groups excluding carboxylic acids is 1. The Morgan fingerprint density at radius 3 is 2.89 bits per heavy atom. The molecule has 0 saturated carbocycles. The molecule has 3 unspecified atom stereocenters. The van der Waals surface area contributed by atoms with Crippen LogP contribution in [0.1, 0.15) is 44.5 Å². The highest BCUT2D eigenvalue weighted by atomic mass is 32.1. The third kappa shape index (κ3) is 3.80. The van der Waals surface area contributed by atoms with E-state index < -0.39 is 0 Å². The van der Waals surface area contributed by atoms with Gasteiger partial charge in [0.05, 0.1) is 12.1 Å². The van der Waals surface area contributed by atoms with Crippen molar-refractivity contribution in [3.8, 4) is 0 Å². The highest BCUT2D eigenvalue weighted by Gasteiger charge is 2.27. The molecule has 0 aromatic carbocycles. The Morgan fingerprint density at radius 1 is 1.53 bits per heavy atom. The van der Waals surface area contributed by atoms with E-state index in [0.717, 1.165) is 13.0 Å². The van der Waals surface area contributed by atoms with Crippen molar-refractivity contribution in [2.75, 3.05) is 6.54 Å². The summed E-state index contributed by atoms with van der Waals surface area (Å²) >= 11 is 1.71. The molecule has 1 fully saturated rings. The Labute approximate surface area is 119 Å². The van der Waals surface area contributed by atoms with Gasteiger partial charge in [0, 0.05) is 4.88 Å². The first kappa shape index (κ1) is 14.5. The maximum absolute atomic E-state index is 12.4. The van der Waals surface area contributed by atoms with Crippen LogP contribution in [-0.4, -0.2) is 18.5 Å². The average Bonchev–Trinajstić information content (AvgIpc) is 2.88. The van der Waals surface area contributed by atoms with Crippen molar-refractivity contribution >= 4 is 17.2 Å². The molecule has 3 nitrogen and oxygen atoms in total. The van der Waals surface area contributed by atoms with Gasteiger partial charge in [0.2, 0.25) is 5.91 Å². The number of carbonyl (C=O) groups is 1. The van der Waals surface area contributed by atoms with Gasteiger partial charge in [0.15, 0.2) is 0 Å². The molecule has 0 radical (unpaired) electrons. The summed E-state index contributed by atoms with van der Waals surface area (Å²) in [6.07, 6.45) is 2.11. The highest BCUT2D eigenvalue weighted by Crippen LogP contribution is 2.26. The van der Waals surface area contributed by atoms with Crippen LogP contribution in [0, 0.1) is 11.8 Å². The molecule has 1 amide bonds. The van der Waals surface area contributed by atoms with Crippen LogP contribution in [0.5, 0.6) is 0 Å². The van der Waals surface area contributed by atoms with Crippen molar-refractivity contribution in [2.45, 2.75) is 45.7 Å². The van der Waals surface area contributed by atoms with Crippen molar-refractivity contribution in [3.05, 3.63) is 22.4 Å². The Morgan fingerprint density at radius 2 is 2.32 bits per heavy atom. The summed E-state index contributed by atoms with van der Waals surface area (Å²) in [6.45, 7) is 7.48. The Bertz CT molecular complexity index is 402. The first-order chi connectivity index (χ1) is 9.08. The van der Waals surface area contributed by atoms with Gasteiger partial charge in [-0.1, -0.05) is 26.8 Å². The van der Waals surface area contributed by atoms with E-state index in [1.165, 1.54) is 11.3 Å². The van der Waals surface area contributed by atoms with Gasteiger partial charge < -0.3 is 10.6 Å². The summed E-state index contributed by atoms with van der Waals surface area (Å²) in [5.74, 6) is 1.19. The van der Waals surface area contributed by atoms with Crippen molar-refractivity contribution in [2.24, 2.45) is 11.8 Å². The fraction of sp³-hybridized carbons (Fsp3) is 0.667. The first-order valence-electron chi connectivity index (χ1n) is 7.15. The van der Waals surface area contributed by atoms with E-state index in [2.05, 4.69) is 42.9 Å². The van der Waals surface area contributed by atoms with Gasteiger partial charge in [0.25, 0.3) is 0 Å². The van der Waals surface area contributed by atoms with Crippen molar-refractivity contribution in [3.63, 3.8) is 0 Å². The van der Waals surface area contributed by atoms with Crippen LogP contribution < -0.4 is 10.6 Å². The monoisotopic (exact) mass is 280 g/mol. The Kier molecular flexibility index (Phi) is 4.99. The molecule has 2 N–H and O–H groups in total. The molecule has 1 aliphatic rings. The predicted molar refractivity (Wildman–Crippen MR) is 80.2 cm³/mol. The number of hydrogen-bond acceptors (Lipinski definition) is 3. The second-order valence-electron chi connectivity index (χ2n) is 5.88. The van der Waals surface area contributed by atoms with Crippen LogP contribution in [0.15, 0.2) is 17.5 Å². The zero-order valence-electron chi connectivity index (χ0n) is 12.0. The minimum Gasteiger partial charge on any atom is -0.347 e. The average molecular weight is 280 g/mol. The molecule has 1 aromatic rings. The van der Waals surface area contributed by atoms with Crippen molar-refractivity contribution in [1.82, 2.24) is 10.6 Å². The third-order valence-electron chi connectivity index (χ3n) is 3.80. The SMILES string of the molecule is CC1CCNC(C(=O)NC(c2cccs2)C(C)C)C1. The Hall–Kier alpha value is -0.870. The lowest BCUT2D eigenvalue weighted by Crippen LogP contribution is -2.49. The van der Waals surface area contributed by atoms with Crippen LogP contribution in [0.3, 0.4) is 0 Å². The lowest BCUT2D eigenvalue weighted by molar-refractivity contribution is -0.125. The molecule has 106 valence electrons. The van der Waals surface area contributed by atoms with Crippen LogP contribution >= 0.6 is 11.3 Å². The standard InChI is InChI=1S/C15H24N2OS/c1-10(2)14(13-5-4-8-19-13)17-15(18)12-9-11(3)6-7-16-12/h4-5,8,10-12,14,16H,6-7,9H2,1-3H3,(H,17,18). The molecule has 3 atom stereocenters. The van der Waals surface area contributed by atoms with Crippen LogP contribution in [0.2, 0.25) is 0 Å². The van der Waals surface area contributed by atoms with Crippen molar-refractivity contribution < 1.29 is 4.79 Å². The van der Waals surface area contributed by atoms with Gasteiger partial charge in [0.1, 0.15) is 0 Å². The van der Waals surface area contributed by atoms with E-state index in [-0.39, 0.29) is 18.0 Å². The molecule has 1 aromatic heterocycles. The molecule has 0 aliphatic carbocycles. The number of nitrogens with one attached hydrogen (secondary N) is 2. The van der Waals surface area contributed by atoms with E-state index in [9.17, 15) is 4.79 Å². The third-order valence-corrected chi connectivity index (χ3v) is 4.75. The Balaban J connectivity index is 1.99. The van der Waals surface area contributed by atoms with E-state index in [1.807, 2.05) is 6.07 Å². The summed E-state index contributed by atoms with van der Waals surface area (Å²) in [7, 11) is 0. The van der Waals surface area contributed by atoms with Crippen LogP contribution in [0.25, 0.3) is 0 Å². The summed E-state index contributed by atoms with van der Waals surface area (Å²) in [5.41, 5.74) is 0. The minimum atomic E-state index is -0.0232. The molecular formula is C15H24N2OS. The van der Waals surface area contributed by atoms with Gasteiger partial charge in [-0.05, 0) is 42.7 Å². The van der Waals surface area contributed by atoms with E-state index in [1.54, 1.807) is 11.3 Å². The van der Waals surface area contributed by atoms with Crippen molar-refractivity contribution in [1.29, 1.82) is 0 Å². The minimum absolute atomic E-state index is 0.0232. The van der Waals surface area contributed by atoms with Crippen LogP contribution in [-0.2, 0) is 4.79 Å². The highest BCUT2D eigenvalue weighted by molar-refractivity contribution is 7.10. The van der Waals surface area contributed by atoms with E-state index in [4.69, 9.17) is 0 Å². The quantitative estimate of drug-likeness (QED) is 0.890. The van der Waals surface area contributed by atoms with Gasteiger partial charge in [-0.15, -0.1) is 11.3 Å². The molecular weight excluding hydrogens is 256 g/mol. The zero-order valence-corrected chi connectivity index (χ0v) is 12.8. The summed E-state index contributed by atoms with van der Waals surface area (Å²) in [4.78, 5) is 13.6. The number of piperidine rings is 1. The number of amides is 1. The second kappa shape index (κ2) is 6.53. The molecule has 2 heterocycles. The molecule has 4 heteroatoms. The molecule has 0 bridgehead atoms. The molecule has 1 saturated heterocycles. The lowest BCUT2D eigenvalue weighted by atomic mass is 9.93. The first-order valence-corrected chi connectivity index (χ1v) is 8.03. The van der Waals surface area contributed by atoms with Gasteiger partial charge in [-0.3, -0.25) is 4.79 Å². The van der Waals surface area contributed by atoms with E-state index >= 15 is 0 Å². The maximum Gasteiger partial charge on any atom is 0.237 e. The number of rotatable bonds is 4. The fourth-order valence-electron chi connectivity index (χ4n) is 2.60. The molecule has 0 spiro atoms. The molecule has 1 aliphatic heterocycles. The molecule has 19 heavy (non-hydrogen) atoms. The zero-order chi connectivity index (χ0) is 13.8. The number of hydrogen-bond donors (Lipinski definition) is 2. The fourth-order valence-corrected chi connectivity index (χ4v) is 3.54. The second-order valence-corrected chi connectivity index (χ2v) is 6.86. The summed E-state index contributed by atoms with van der Waals surface area (Å²) in [6, 6.07) is 4.26. The summed E-state index contributed by atoms with van der Waals surface area (Å²) in [5, 5.41) is 8.62. The van der Waals surface area contributed by atoms with Crippen LogP contribution in [0.4, 0.5) is 0 Å². The van der Waals surface area contributed by atoms with Gasteiger partial charge in [-0.2, -0.15) is 0 Å². The topological polar surface area (TPSA) is 41.1 Å². The summed E-state index contributed by atoms with van der Waals surface area (Å²) < 4.78 is 0. The largest absolute Gasteiger partial charge is 0.347 e. The van der Waals surface area contributed by atoms with Gasteiger partial charge in [-0.25, -0.2) is 0 Å². The normalized spacial score (nSPS) is 25.3. The molecule has 2 rings (SSSR count). The maximum atomic E-state index is 12.4. The smallest absolute Gasteiger partial charge is 0.237 e. The predicted octanol–water partition coefficient (Wildman–Crippen LogP) is 2.95.